The Morgan fingerprint density at radius 2 is 2.24 bits per heavy atom. The SMILES string of the molecule is Fc1ccc(C2(N=Cc3ncc[nH]3)CC2)cn1. The molecule has 3 rings (SSSR count). The summed E-state index contributed by atoms with van der Waals surface area (Å²) in [5, 5.41) is 0. The van der Waals surface area contributed by atoms with Crippen molar-refractivity contribution in [2.45, 2.75) is 18.4 Å². The third-order valence-electron chi connectivity index (χ3n) is 2.94. The summed E-state index contributed by atoms with van der Waals surface area (Å²) in [4.78, 5) is 15.2. The molecule has 0 unspecified atom stereocenters. The van der Waals surface area contributed by atoms with E-state index in [1.54, 1.807) is 30.9 Å². The summed E-state index contributed by atoms with van der Waals surface area (Å²) in [7, 11) is 0. The second kappa shape index (κ2) is 3.76. The number of aromatic amines is 1. The van der Waals surface area contributed by atoms with Gasteiger partial charge in [-0.25, -0.2) is 9.97 Å². The van der Waals surface area contributed by atoms with E-state index in [-0.39, 0.29) is 5.54 Å². The highest BCUT2D eigenvalue weighted by atomic mass is 19.1. The Bertz CT molecular complexity index is 526. The summed E-state index contributed by atoms with van der Waals surface area (Å²) in [5.41, 5.74) is 0.745. The first-order valence-electron chi connectivity index (χ1n) is 5.45. The van der Waals surface area contributed by atoms with E-state index >= 15 is 0 Å². The van der Waals surface area contributed by atoms with Crippen LogP contribution in [0.25, 0.3) is 0 Å². The van der Waals surface area contributed by atoms with Gasteiger partial charge in [0.25, 0.3) is 0 Å². The van der Waals surface area contributed by atoms with Crippen LogP contribution in [0.4, 0.5) is 4.39 Å². The van der Waals surface area contributed by atoms with Crippen molar-refractivity contribution in [1.29, 1.82) is 0 Å². The van der Waals surface area contributed by atoms with E-state index in [4.69, 9.17) is 0 Å². The van der Waals surface area contributed by atoms with Gasteiger partial charge in [-0.1, -0.05) is 6.07 Å². The first kappa shape index (κ1) is 10.1. The lowest BCUT2D eigenvalue weighted by atomic mass is 10.1. The van der Waals surface area contributed by atoms with Crippen molar-refractivity contribution in [3.05, 3.63) is 48.1 Å². The Labute approximate surface area is 97.7 Å². The molecule has 0 atom stereocenters. The zero-order chi connectivity index (χ0) is 11.7. The lowest BCUT2D eigenvalue weighted by Gasteiger charge is -2.08. The normalized spacial score (nSPS) is 17.5. The molecule has 0 spiro atoms. The Morgan fingerprint density at radius 3 is 2.82 bits per heavy atom. The Kier molecular flexibility index (Phi) is 2.24. The fourth-order valence-corrected chi connectivity index (χ4v) is 1.79. The molecule has 1 saturated carbocycles. The number of pyridine rings is 1. The van der Waals surface area contributed by atoms with Crippen molar-refractivity contribution in [1.82, 2.24) is 15.0 Å². The number of rotatable bonds is 3. The third-order valence-corrected chi connectivity index (χ3v) is 2.94. The minimum absolute atomic E-state index is 0.215. The van der Waals surface area contributed by atoms with Gasteiger partial charge in [-0.05, 0) is 24.5 Å². The van der Waals surface area contributed by atoms with Crippen molar-refractivity contribution in [2.24, 2.45) is 4.99 Å². The predicted molar refractivity (Wildman–Crippen MR) is 61.3 cm³/mol. The van der Waals surface area contributed by atoms with Crippen LogP contribution in [-0.2, 0) is 5.54 Å². The average molecular weight is 230 g/mol. The molecule has 0 amide bonds. The number of hydrogen-bond donors (Lipinski definition) is 1. The van der Waals surface area contributed by atoms with E-state index in [2.05, 4.69) is 19.9 Å². The van der Waals surface area contributed by atoms with Crippen molar-refractivity contribution in [3.63, 3.8) is 0 Å². The Morgan fingerprint density at radius 1 is 1.35 bits per heavy atom. The quantitative estimate of drug-likeness (QED) is 0.648. The van der Waals surface area contributed by atoms with Crippen LogP contribution in [0, 0.1) is 5.95 Å². The number of aliphatic imine (C=N–C) groups is 1. The number of nitrogens with one attached hydrogen (secondary N) is 1. The third kappa shape index (κ3) is 1.95. The second-order valence-corrected chi connectivity index (χ2v) is 4.13. The molecule has 2 aromatic rings. The maximum atomic E-state index is 12.7. The number of H-pyrrole nitrogens is 1. The van der Waals surface area contributed by atoms with Crippen LogP contribution in [0.5, 0.6) is 0 Å². The molecule has 0 saturated heterocycles. The standard InChI is InChI=1S/C12H11FN4/c13-10-2-1-9(7-16-10)12(3-4-12)17-8-11-14-5-6-15-11/h1-2,5-8H,3-4H2,(H,14,15). The van der Waals surface area contributed by atoms with Gasteiger partial charge in [0.15, 0.2) is 0 Å². The van der Waals surface area contributed by atoms with E-state index in [9.17, 15) is 4.39 Å². The van der Waals surface area contributed by atoms with Gasteiger partial charge in [0, 0.05) is 18.6 Å². The van der Waals surface area contributed by atoms with Gasteiger partial charge in [-0.3, -0.25) is 4.99 Å². The van der Waals surface area contributed by atoms with Gasteiger partial charge < -0.3 is 4.98 Å². The van der Waals surface area contributed by atoms with Crippen LogP contribution >= 0.6 is 0 Å². The molecule has 1 N–H and O–H groups in total. The maximum absolute atomic E-state index is 12.7. The topological polar surface area (TPSA) is 53.9 Å². The van der Waals surface area contributed by atoms with E-state index < -0.39 is 5.95 Å². The summed E-state index contributed by atoms with van der Waals surface area (Å²) in [5.74, 6) is 0.269. The van der Waals surface area contributed by atoms with Gasteiger partial charge in [-0.2, -0.15) is 4.39 Å². The highest BCUT2D eigenvalue weighted by Gasteiger charge is 2.44. The molecule has 1 aliphatic rings. The lowest BCUT2D eigenvalue weighted by Crippen LogP contribution is -2.04. The number of aromatic nitrogens is 3. The average Bonchev–Trinajstić information content (AvgIpc) is 2.95. The molecule has 0 bridgehead atoms. The van der Waals surface area contributed by atoms with Crippen LogP contribution in [0.2, 0.25) is 0 Å². The van der Waals surface area contributed by atoms with Crippen LogP contribution in [0.1, 0.15) is 24.2 Å². The molecule has 1 fully saturated rings. The van der Waals surface area contributed by atoms with Crippen LogP contribution < -0.4 is 0 Å². The maximum Gasteiger partial charge on any atom is 0.212 e. The van der Waals surface area contributed by atoms with Gasteiger partial charge >= 0.3 is 0 Å². The van der Waals surface area contributed by atoms with E-state index in [1.807, 2.05) is 0 Å². The number of nitrogens with zero attached hydrogens (tertiary/aromatic N) is 3. The monoisotopic (exact) mass is 230 g/mol. The van der Waals surface area contributed by atoms with Gasteiger partial charge in [-0.15, -0.1) is 0 Å². The lowest BCUT2D eigenvalue weighted by molar-refractivity contribution is 0.579. The van der Waals surface area contributed by atoms with Crippen LogP contribution in [0.15, 0.2) is 35.7 Å². The Balaban J connectivity index is 1.84. The summed E-state index contributed by atoms with van der Waals surface area (Å²) in [6.07, 6.45) is 8.65. The number of hydrogen-bond acceptors (Lipinski definition) is 3. The molecule has 0 radical (unpaired) electrons. The molecular formula is C12H11FN4. The molecule has 1 aliphatic carbocycles. The number of imidazole rings is 1. The van der Waals surface area contributed by atoms with Gasteiger partial charge in [0.05, 0.1) is 11.8 Å². The zero-order valence-corrected chi connectivity index (χ0v) is 9.10. The van der Waals surface area contributed by atoms with E-state index in [0.29, 0.717) is 0 Å². The molecule has 2 aromatic heterocycles. The van der Waals surface area contributed by atoms with E-state index in [1.165, 1.54) is 6.07 Å². The summed E-state index contributed by atoms with van der Waals surface area (Å²) in [6.45, 7) is 0. The van der Waals surface area contributed by atoms with Crippen LogP contribution in [0.3, 0.4) is 0 Å². The molecule has 0 aliphatic heterocycles. The fraction of sp³-hybridized carbons (Fsp3) is 0.250. The number of halogens is 1. The van der Waals surface area contributed by atoms with Gasteiger partial charge in [0.1, 0.15) is 5.82 Å². The Hall–Kier alpha value is -2.04. The summed E-state index contributed by atoms with van der Waals surface area (Å²) < 4.78 is 12.7. The molecule has 2 heterocycles. The highest BCUT2D eigenvalue weighted by Crippen LogP contribution is 2.49. The largest absolute Gasteiger partial charge is 0.344 e. The molecule has 5 heteroatoms. The van der Waals surface area contributed by atoms with Crippen LogP contribution in [-0.4, -0.2) is 21.2 Å². The van der Waals surface area contributed by atoms with Gasteiger partial charge in [0.2, 0.25) is 5.95 Å². The molecule has 0 aromatic carbocycles. The fourth-order valence-electron chi connectivity index (χ4n) is 1.79. The first-order valence-corrected chi connectivity index (χ1v) is 5.45. The zero-order valence-electron chi connectivity index (χ0n) is 9.10. The van der Waals surface area contributed by atoms with Crippen molar-refractivity contribution >= 4 is 6.21 Å². The van der Waals surface area contributed by atoms with Crippen molar-refractivity contribution in [2.75, 3.05) is 0 Å². The summed E-state index contributed by atoms with van der Waals surface area (Å²) >= 11 is 0. The molecular weight excluding hydrogens is 219 g/mol. The minimum Gasteiger partial charge on any atom is -0.344 e. The van der Waals surface area contributed by atoms with Crippen molar-refractivity contribution in [3.8, 4) is 0 Å². The highest BCUT2D eigenvalue weighted by molar-refractivity contribution is 5.75. The molecule has 86 valence electrons. The van der Waals surface area contributed by atoms with E-state index in [0.717, 1.165) is 24.2 Å². The summed E-state index contributed by atoms with van der Waals surface area (Å²) in [6, 6.07) is 3.12. The smallest absolute Gasteiger partial charge is 0.212 e. The molecule has 17 heavy (non-hydrogen) atoms. The first-order chi connectivity index (χ1) is 8.28. The molecule has 4 nitrogen and oxygen atoms in total. The van der Waals surface area contributed by atoms with Crippen molar-refractivity contribution < 1.29 is 4.39 Å². The predicted octanol–water partition coefficient (Wildman–Crippen LogP) is 2.05. The minimum atomic E-state index is -0.459. The second-order valence-electron chi connectivity index (χ2n) is 4.13.